The van der Waals surface area contributed by atoms with Crippen LogP contribution in [0.1, 0.15) is 0 Å². The molecular formula is C18H29ClO8S. The lowest BCUT2D eigenvalue weighted by Gasteiger charge is -2.08. The van der Waals surface area contributed by atoms with E-state index < -0.39 is 10.1 Å². The minimum Gasteiger partial charge on any atom is -0.378 e. The molecule has 0 saturated carbocycles. The molecule has 0 aliphatic heterocycles. The van der Waals surface area contributed by atoms with E-state index in [9.17, 15) is 8.42 Å². The Bertz CT molecular complexity index is 570. The Morgan fingerprint density at radius 2 is 1.00 bits per heavy atom. The maximum absolute atomic E-state index is 11.9. The zero-order chi connectivity index (χ0) is 20.3. The Kier molecular flexibility index (Phi) is 15.4. The zero-order valence-corrected chi connectivity index (χ0v) is 17.5. The van der Waals surface area contributed by atoms with Gasteiger partial charge in [0.2, 0.25) is 0 Å². The van der Waals surface area contributed by atoms with Gasteiger partial charge in [0, 0.05) is 5.88 Å². The predicted molar refractivity (Wildman–Crippen MR) is 104 cm³/mol. The van der Waals surface area contributed by atoms with Gasteiger partial charge < -0.3 is 23.7 Å². The molecule has 0 aromatic heterocycles. The third kappa shape index (κ3) is 13.4. The second-order valence-corrected chi connectivity index (χ2v) is 7.33. The van der Waals surface area contributed by atoms with Crippen LogP contribution in [0.2, 0.25) is 0 Å². The first-order valence-electron chi connectivity index (χ1n) is 9.06. The van der Waals surface area contributed by atoms with E-state index in [2.05, 4.69) is 0 Å². The molecule has 0 bridgehead atoms. The zero-order valence-electron chi connectivity index (χ0n) is 15.9. The van der Waals surface area contributed by atoms with Crippen LogP contribution in [-0.2, 0) is 38.0 Å². The van der Waals surface area contributed by atoms with Crippen molar-refractivity contribution in [3.8, 4) is 0 Å². The SMILES string of the molecule is O=S(=O)(OCCOCCOCCOCCOCCOCCCl)c1ccccc1. The second kappa shape index (κ2) is 17.1. The second-order valence-electron chi connectivity index (χ2n) is 5.34. The molecule has 1 rings (SSSR count). The van der Waals surface area contributed by atoms with E-state index in [1.165, 1.54) is 12.1 Å². The van der Waals surface area contributed by atoms with Crippen molar-refractivity contribution < 1.29 is 36.3 Å². The molecule has 0 N–H and O–H groups in total. The fraction of sp³-hybridized carbons (Fsp3) is 0.667. The fourth-order valence-corrected chi connectivity index (χ4v) is 2.92. The minimum absolute atomic E-state index is 0.0444. The van der Waals surface area contributed by atoms with Crippen LogP contribution in [0, 0.1) is 0 Å². The van der Waals surface area contributed by atoms with E-state index in [0.717, 1.165) is 0 Å². The minimum atomic E-state index is -3.73. The van der Waals surface area contributed by atoms with E-state index >= 15 is 0 Å². The van der Waals surface area contributed by atoms with Crippen molar-refractivity contribution in [2.24, 2.45) is 0 Å². The van der Waals surface area contributed by atoms with Gasteiger partial charge in [-0.25, -0.2) is 0 Å². The lowest BCUT2D eigenvalue weighted by Crippen LogP contribution is -2.15. The summed E-state index contributed by atoms with van der Waals surface area (Å²) in [6, 6.07) is 7.98. The summed E-state index contributed by atoms with van der Waals surface area (Å²) in [5.74, 6) is 0.484. The molecular weight excluding hydrogens is 412 g/mol. The molecule has 0 amide bonds. The Balaban J connectivity index is 1.82. The molecule has 1 aromatic rings. The van der Waals surface area contributed by atoms with Gasteiger partial charge in [-0.1, -0.05) is 18.2 Å². The number of ether oxygens (including phenoxy) is 5. The van der Waals surface area contributed by atoms with Crippen LogP contribution in [0.3, 0.4) is 0 Å². The molecule has 0 aliphatic rings. The first-order valence-corrected chi connectivity index (χ1v) is 11.0. The maximum Gasteiger partial charge on any atom is 0.297 e. The molecule has 0 unspecified atom stereocenters. The summed E-state index contributed by atoms with van der Waals surface area (Å²) >= 11 is 5.47. The summed E-state index contributed by atoms with van der Waals surface area (Å²) in [4.78, 5) is 0.128. The number of halogens is 1. The number of rotatable bonds is 19. The summed E-state index contributed by atoms with van der Waals surface area (Å²) in [6.07, 6.45) is 0. The molecule has 8 nitrogen and oxygen atoms in total. The highest BCUT2D eigenvalue weighted by Gasteiger charge is 2.13. The highest BCUT2D eigenvalue weighted by Crippen LogP contribution is 2.10. The monoisotopic (exact) mass is 440 g/mol. The van der Waals surface area contributed by atoms with Gasteiger partial charge in [0.1, 0.15) is 0 Å². The van der Waals surface area contributed by atoms with Crippen LogP contribution in [0.5, 0.6) is 0 Å². The van der Waals surface area contributed by atoms with Gasteiger partial charge in [-0.05, 0) is 12.1 Å². The highest BCUT2D eigenvalue weighted by atomic mass is 35.5. The predicted octanol–water partition coefficient (Wildman–Crippen LogP) is 1.71. The normalized spacial score (nSPS) is 11.8. The van der Waals surface area contributed by atoms with Crippen LogP contribution in [-0.4, -0.2) is 87.0 Å². The molecule has 0 heterocycles. The summed E-state index contributed by atoms with van der Waals surface area (Å²) < 4.78 is 55.0. The van der Waals surface area contributed by atoms with Gasteiger partial charge in [0.05, 0.1) is 77.6 Å². The van der Waals surface area contributed by atoms with Gasteiger partial charge in [-0.15, -0.1) is 11.6 Å². The molecule has 0 radical (unpaired) electrons. The summed E-state index contributed by atoms with van der Waals surface area (Å²) in [5, 5.41) is 0. The molecule has 0 fully saturated rings. The van der Waals surface area contributed by atoms with Crippen molar-refractivity contribution >= 4 is 21.7 Å². The van der Waals surface area contributed by atoms with E-state index in [1.807, 2.05) is 0 Å². The topological polar surface area (TPSA) is 89.5 Å². The average Bonchev–Trinajstić information content (AvgIpc) is 2.71. The van der Waals surface area contributed by atoms with Crippen LogP contribution >= 0.6 is 11.6 Å². The van der Waals surface area contributed by atoms with Crippen LogP contribution in [0.15, 0.2) is 35.2 Å². The van der Waals surface area contributed by atoms with Crippen LogP contribution in [0.25, 0.3) is 0 Å². The van der Waals surface area contributed by atoms with E-state index in [1.54, 1.807) is 18.2 Å². The number of hydrogen-bond donors (Lipinski definition) is 0. The fourth-order valence-electron chi connectivity index (χ4n) is 1.89. The first-order chi connectivity index (χ1) is 13.7. The summed E-state index contributed by atoms with van der Waals surface area (Å²) in [6.45, 7) is 4.33. The lowest BCUT2D eigenvalue weighted by molar-refractivity contribution is -0.0117. The molecule has 10 heteroatoms. The molecule has 1 aromatic carbocycles. The van der Waals surface area contributed by atoms with E-state index in [-0.39, 0.29) is 18.1 Å². The third-order valence-corrected chi connectivity index (χ3v) is 4.69. The van der Waals surface area contributed by atoms with Crippen molar-refractivity contribution in [2.45, 2.75) is 4.90 Å². The third-order valence-electron chi connectivity index (χ3n) is 3.21. The standard InChI is InChI=1S/C18H29ClO8S/c19-6-7-22-8-9-23-10-11-24-12-13-25-14-15-26-16-17-27-28(20,21)18-4-2-1-3-5-18/h1-5H,6-17H2. The molecule has 162 valence electrons. The smallest absolute Gasteiger partial charge is 0.297 e. The Morgan fingerprint density at radius 3 is 1.43 bits per heavy atom. The molecule has 0 aliphatic carbocycles. The Labute approximate surface area is 172 Å². The largest absolute Gasteiger partial charge is 0.378 e. The van der Waals surface area contributed by atoms with Crippen LogP contribution < -0.4 is 0 Å². The van der Waals surface area contributed by atoms with Crippen molar-refractivity contribution in [1.29, 1.82) is 0 Å². The van der Waals surface area contributed by atoms with Gasteiger partial charge in [0.25, 0.3) is 10.1 Å². The molecule has 0 saturated heterocycles. The van der Waals surface area contributed by atoms with Crippen LogP contribution in [0.4, 0.5) is 0 Å². The summed E-state index contributed by atoms with van der Waals surface area (Å²) in [7, 11) is -3.73. The quantitative estimate of drug-likeness (QED) is 0.182. The number of alkyl halides is 1. The maximum atomic E-state index is 11.9. The van der Waals surface area contributed by atoms with Gasteiger partial charge in [-0.3, -0.25) is 4.18 Å². The average molecular weight is 441 g/mol. The van der Waals surface area contributed by atoms with Crippen molar-refractivity contribution in [3.05, 3.63) is 30.3 Å². The number of benzene rings is 1. The highest BCUT2D eigenvalue weighted by molar-refractivity contribution is 7.86. The van der Waals surface area contributed by atoms with E-state index in [4.69, 9.17) is 39.5 Å². The Morgan fingerprint density at radius 1 is 0.607 bits per heavy atom. The van der Waals surface area contributed by atoms with E-state index in [0.29, 0.717) is 65.3 Å². The molecule has 28 heavy (non-hydrogen) atoms. The number of hydrogen-bond acceptors (Lipinski definition) is 8. The van der Waals surface area contributed by atoms with Gasteiger partial charge >= 0.3 is 0 Å². The molecule has 0 atom stereocenters. The first kappa shape index (κ1) is 25.3. The van der Waals surface area contributed by atoms with Crippen molar-refractivity contribution in [1.82, 2.24) is 0 Å². The summed E-state index contributed by atoms with van der Waals surface area (Å²) in [5.41, 5.74) is 0. The van der Waals surface area contributed by atoms with Crippen molar-refractivity contribution in [2.75, 3.05) is 78.6 Å². The van der Waals surface area contributed by atoms with Gasteiger partial charge in [-0.2, -0.15) is 8.42 Å². The van der Waals surface area contributed by atoms with Crippen molar-refractivity contribution in [3.63, 3.8) is 0 Å². The Hall–Kier alpha value is -0.780. The lowest BCUT2D eigenvalue weighted by atomic mass is 10.4. The van der Waals surface area contributed by atoms with Gasteiger partial charge in [0.15, 0.2) is 0 Å². The molecule has 0 spiro atoms.